The van der Waals surface area contributed by atoms with E-state index in [0.717, 1.165) is 23.3 Å². The Hall–Kier alpha value is -1.51. The van der Waals surface area contributed by atoms with Crippen molar-refractivity contribution >= 4 is 5.97 Å². The van der Waals surface area contributed by atoms with Crippen LogP contribution >= 0.6 is 0 Å². The van der Waals surface area contributed by atoms with E-state index in [9.17, 15) is 9.90 Å². The first-order chi connectivity index (χ1) is 7.93. The molecule has 1 unspecified atom stereocenters. The summed E-state index contributed by atoms with van der Waals surface area (Å²) in [5.74, 6) is 0.107. The maximum atomic E-state index is 11.4. The average Bonchev–Trinajstić information content (AvgIpc) is 2.27. The maximum absolute atomic E-state index is 11.4. The Kier molecular flexibility index (Phi) is 2.86. The van der Waals surface area contributed by atoms with Gasteiger partial charge in [0.25, 0.3) is 0 Å². The molecule has 0 saturated heterocycles. The van der Waals surface area contributed by atoms with Crippen molar-refractivity contribution < 1.29 is 14.6 Å². The zero-order valence-corrected chi connectivity index (χ0v) is 10.5. The monoisotopic (exact) mass is 234 g/mol. The van der Waals surface area contributed by atoms with Crippen LogP contribution in [0, 0.1) is 12.3 Å². The van der Waals surface area contributed by atoms with E-state index in [1.807, 2.05) is 25.1 Å². The van der Waals surface area contributed by atoms with Gasteiger partial charge < -0.3 is 9.84 Å². The highest BCUT2D eigenvalue weighted by Crippen LogP contribution is 2.44. The molecule has 0 aromatic heterocycles. The van der Waals surface area contributed by atoms with Gasteiger partial charge in [0.15, 0.2) is 0 Å². The van der Waals surface area contributed by atoms with Crippen molar-refractivity contribution in [3.8, 4) is 5.75 Å². The molecule has 0 fully saturated rings. The second-order valence-electron chi connectivity index (χ2n) is 5.26. The number of fused-ring (bicyclic) bond motifs is 1. The van der Waals surface area contributed by atoms with Crippen LogP contribution in [0.5, 0.6) is 5.75 Å². The number of carboxylic acids is 1. The molecular formula is C14H18O3. The summed E-state index contributed by atoms with van der Waals surface area (Å²) in [6.07, 6.45) is 0.759. The van der Waals surface area contributed by atoms with Crippen molar-refractivity contribution in [1.29, 1.82) is 0 Å². The molecule has 1 heterocycles. The number of aliphatic carboxylic acids is 1. The predicted molar refractivity (Wildman–Crippen MR) is 65.4 cm³/mol. The standard InChI is InChI=1S/C14H18O3/c1-9-4-5-10-11(14(2,3)13(15)16)6-7-17-12(10)8-9/h4-5,8,11H,6-7H2,1-3H3,(H,15,16). The molecule has 3 nitrogen and oxygen atoms in total. The van der Waals surface area contributed by atoms with Crippen LogP contribution in [-0.4, -0.2) is 17.7 Å². The van der Waals surface area contributed by atoms with Gasteiger partial charge >= 0.3 is 5.97 Å². The molecule has 2 rings (SSSR count). The third kappa shape index (κ3) is 2.02. The average molecular weight is 234 g/mol. The molecule has 0 aliphatic carbocycles. The SMILES string of the molecule is Cc1ccc2c(c1)OCCC2C(C)(C)C(=O)O. The summed E-state index contributed by atoms with van der Waals surface area (Å²) in [6, 6.07) is 6.00. The number of rotatable bonds is 2. The molecular weight excluding hydrogens is 216 g/mol. The van der Waals surface area contributed by atoms with Gasteiger partial charge in [-0.05, 0) is 44.4 Å². The van der Waals surface area contributed by atoms with Gasteiger partial charge in [-0.2, -0.15) is 0 Å². The molecule has 0 radical (unpaired) electrons. The minimum absolute atomic E-state index is 0.0179. The first-order valence-corrected chi connectivity index (χ1v) is 5.89. The van der Waals surface area contributed by atoms with E-state index < -0.39 is 11.4 Å². The third-order valence-corrected chi connectivity index (χ3v) is 3.63. The van der Waals surface area contributed by atoms with E-state index in [1.54, 1.807) is 13.8 Å². The summed E-state index contributed by atoms with van der Waals surface area (Å²) < 4.78 is 5.62. The zero-order valence-electron chi connectivity index (χ0n) is 10.5. The molecule has 1 aliphatic heterocycles. The van der Waals surface area contributed by atoms with Crippen molar-refractivity contribution in [3.63, 3.8) is 0 Å². The molecule has 0 amide bonds. The largest absolute Gasteiger partial charge is 0.493 e. The van der Waals surface area contributed by atoms with Gasteiger partial charge in [0.2, 0.25) is 0 Å². The highest BCUT2D eigenvalue weighted by molar-refractivity contribution is 5.75. The van der Waals surface area contributed by atoms with Crippen molar-refractivity contribution in [1.82, 2.24) is 0 Å². The number of carbonyl (C=O) groups is 1. The second-order valence-corrected chi connectivity index (χ2v) is 5.26. The molecule has 92 valence electrons. The number of aryl methyl sites for hydroxylation is 1. The van der Waals surface area contributed by atoms with Crippen LogP contribution in [0.15, 0.2) is 18.2 Å². The van der Waals surface area contributed by atoms with Crippen LogP contribution in [0.3, 0.4) is 0 Å². The molecule has 1 aromatic rings. The molecule has 0 saturated carbocycles. The number of benzene rings is 1. The van der Waals surface area contributed by atoms with Gasteiger partial charge in [0, 0.05) is 5.92 Å². The Labute approximate surface area is 101 Å². The maximum Gasteiger partial charge on any atom is 0.309 e. The van der Waals surface area contributed by atoms with Gasteiger partial charge in [-0.3, -0.25) is 4.79 Å². The van der Waals surface area contributed by atoms with Crippen molar-refractivity contribution in [2.45, 2.75) is 33.1 Å². The zero-order chi connectivity index (χ0) is 12.6. The molecule has 0 spiro atoms. The summed E-state index contributed by atoms with van der Waals surface area (Å²) >= 11 is 0. The lowest BCUT2D eigenvalue weighted by Crippen LogP contribution is -2.34. The molecule has 1 aromatic carbocycles. The van der Waals surface area contributed by atoms with E-state index in [4.69, 9.17) is 4.74 Å². The lowest BCUT2D eigenvalue weighted by Gasteiger charge is -2.35. The minimum atomic E-state index is -0.756. The van der Waals surface area contributed by atoms with Crippen LogP contribution in [0.4, 0.5) is 0 Å². The number of hydrogen-bond acceptors (Lipinski definition) is 2. The van der Waals surface area contributed by atoms with E-state index in [-0.39, 0.29) is 5.92 Å². The number of hydrogen-bond donors (Lipinski definition) is 1. The first kappa shape index (κ1) is 12.0. The Morgan fingerprint density at radius 1 is 1.47 bits per heavy atom. The summed E-state index contributed by atoms with van der Waals surface area (Å²) in [4.78, 5) is 11.4. The van der Waals surface area contributed by atoms with Crippen LogP contribution in [0.25, 0.3) is 0 Å². The smallest absolute Gasteiger partial charge is 0.309 e. The fraction of sp³-hybridized carbons (Fsp3) is 0.500. The Bertz CT molecular complexity index is 449. The summed E-state index contributed by atoms with van der Waals surface area (Å²) in [5, 5.41) is 9.33. The highest BCUT2D eigenvalue weighted by atomic mass is 16.5. The van der Waals surface area contributed by atoms with Gasteiger partial charge in [-0.1, -0.05) is 12.1 Å². The molecule has 1 N–H and O–H groups in total. The third-order valence-electron chi connectivity index (χ3n) is 3.63. The van der Waals surface area contributed by atoms with Gasteiger partial charge in [-0.25, -0.2) is 0 Å². The predicted octanol–water partition coefficient (Wildman–Crippen LogP) is 2.97. The minimum Gasteiger partial charge on any atom is -0.493 e. The Morgan fingerprint density at radius 2 is 2.18 bits per heavy atom. The topological polar surface area (TPSA) is 46.5 Å². The highest BCUT2D eigenvalue weighted by Gasteiger charge is 2.40. The quantitative estimate of drug-likeness (QED) is 0.855. The van der Waals surface area contributed by atoms with Crippen LogP contribution < -0.4 is 4.74 Å². The molecule has 17 heavy (non-hydrogen) atoms. The van der Waals surface area contributed by atoms with Crippen LogP contribution in [0.1, 0.15) is 37.3 Å². The fourth-order valence-corrected chi connectivity index (χ4v) is 2.40. The lowest BCUT2D eigenvalue weighted by molar-refractivity contribution is -0.148. The van der Waals surface area contributed by atoms with E-state index in [1.165, 1.54) is 0 Å². The molecule has 1 atom stereocenters. The summed E-state index contributed by atoms with van der Waals surface area (Å²) in [5.41, 5.74) is 1.40. The van der Waals surface area contributed by atoms with E-state index in [0.29, 0.717) is 6.61 Å². The van der Waals surface area contributed by atoms with Crippen molar-refractivity contribution in [2.24, 2.45) is 5.41 Å². The number of carboxylic acid groups (broad SMARTS) is 1. The van der Waals surface area contributed by atoms with Crippen molar-refractivity contribution in [2.75, 3.05) is 6.61 Å². The van der Waals surface area contributed by atoms with Crippen molar-refractivity contribution in [3.05, 3.63) is 29.3 Å². The fourth-order valence-electron chi connectivity index (χ4n) is 2.40. The van der Waals surface area contributed by atoms with E-state index in [2.05, 4.69) is 0 Å². The Balaban J connectivity index is 2.45. The van der Waals surface area contributed by atoms with E-state index >= 15 is 0 Å². The number of ether oxygens (including phenoxy) is 1. The molecule has 0 bridgehead atoms. The first-order valence-electron chi connectivity index (χ1n) is 5.89. The Morgan fingerprint density at radius 3 is 2.82 bits per heavy atom. The van der Waals surface area contributed by atoms with Gasteiger partial charge in [0.05, 0.1) is 12.0 Å². The summed E-state index contributed by atoms with van der Waals surface area (Å²) in [6.45, 7) is 6.18. The summed E-state index contributed by atoms with van der Waals surface area (Å²) in [7, 11) is 0. The van der Waals surface area contributed by atoms with Crippen LogP contribution in [-0.2, 0) is 4.79 Å². The molecule has 1 aliphatic rings. The lowest BCUT2D eigenvalue weighted by atomic mass is 9.72. The second kappa shape index (κ2) is 4.06. The molecule has 3 heteroatoms. The normalized spacial score (nSPS) is 19.4. The van der Waals surface area contributed by atoms with Gasteiger partial charge in [-0.15, -0.1) is 0 Å². The van der Waals surface area contributed by atoms with Gasteiger partial charge in [0.1, 0.15) is 5.75 Å². The van der Waals surface area contributed by atoms with Crippen LogP contribution in [0.2, 0.25) is 0 Å².